The first kappa shape index (κ1) is 14.9. The quantitative estimate of drug-likeness (QED) is 0.850. The highest BCUT2D eigenvalue weighted by Crippen LogP contribution is 2.45. The molecule has 0 amide bonds. The van der Waals surface area contributed by atoms with E-state index in [2.05, 4.69) is 41.1 Å². The minimum atomic E-state index is 0.201. The summed E-state index contributed by atoms with van der Waals surface area (Å²) in [6, 6.07) is 8.68. The normalized spacial score (nSPS) is 23.9. The number of ether oxygens (including phenoxy) is 1. The predicted molar refractivity (Wildman–Crippen MR) is 86.8 cm³/mol. The summed E-state index contributed by atoms with van der Waals surface area (Å²) >= 11 is 0. The van der Waals surface area contributed by atoms with Crippen molar-refractivity contribution in [2.75, 3.05) is 40.3 Å². The van der Waals surface area contributed by atoms with Gasteiger partial charge in [0, 0.05) is 37.3 Å². The van der Waals surface area contributed by atoms with Gasteiger partial charge in [-0.2, -0.15) is 0 Å². The molecule has 21 heavy (non-hydrogen) atoms. The molecule has 1 heterocycles. The fourth-order valence-corrected chi connectivity index (χ4v) is 4.16. The number of nitrogens with zero attached hydrogens (tertiary/aromatic N) is 2. The van der Waals surface area contributed by atoms with Crippen LogP contribution in [-0.4, -0.2) is 50.1 Å². The first-order chi connectivity index (χ1) is 10.3. The first-order valence-corrected chi connectivity index (χ1v) is 8.33. The Morgan fingerprint density at radius 3 is 2.29 bits per heavy atom. The summed E-state index contributed by atoms with van der Waals surface area (Å²) < 4.78 is 5.70. The lowest BCUT2D eigenvalue weighted by molar-refractivity contribution is 0.00875. The van der Waals surface area contributed by atoms with Crippen LogP contribution in [0.5, 0.6) is 5.75 Å². The van der Waals surface area contributed by atoms with Crippen LogP contribution in [0.15, 0.2) is 24.3 Å². The Morgan fingerprint density at radius 2 is 1.62 bits per heavy atom. The SMILES string of the molecule is COc1ccccc1C1(N2CCN(C)CC2)CCCCC1. The summed E-state index contributed by atoms with van der Waals surface area (Å²) in [5.41, 5.74) is 1.61. The highest BCUT2D eigenvalue weighted by Gasteiger charge is 2.42. The average molecular weight is 288 g/mol. The molecule has 116 valence electrons. The monoisotopic (exact) mass is 288 g/mol. The van der Waals surface area contributed by atoms with E-state index in [9.17, 15) is 0 Å². The van der Waals surface area contributed by atoms with Gasteiger partial charge in [-0.05, 0) is 26.0 Å². The zero-order valence-corrected chi connectivity index (χ0v) is 13.5. The van der Waals surface area contributed by atoms with Gasteiger partial charge >= 0.3 is 0 Å². The Kier molecular flexibility index (Phi) is 4.51. The Balaban J connectivity index is 1.96. The number of likely N-dealkylation sites (N-methyl/N-ethyl adjacent to an activating group) is 1. The van der Waals surface area contributed by atoms with Gasteiger partial charge in [0.1, 0.15) is 5.75 Å². The standard InChI is InChI=1S/C18H28N2O/c1-19-12-14-20(15-13-19)18(10-6-3-7-11-18)16-8-4-5-9-17(16)21-2/h4-5,8-9H,3,6-7,10-15H2,1-2H3. The molecule has 3 rings (SSSR count). The van der Waals surface area contributed by atoms with E-state index in [1.807, 2.05) is 0 Å². The molecule has 0 radical (unpaired) electrons. The Bertz CT molecular complexity index is 460. The maximum Gasteiger partial charge on any atom is 0.123 e. The molecule has 2 aliphatic rings. The lowest BCUT2D eigenvalue weighted by atomic mass is 9.74. The van der Waals surface area contributed by atoms with Gasteiger partial charge in [-0.3, -0.25) is 4.90 Å². The number of methoxy groups -OCH3 is 1. The molecule has 0 bridgehead atoms. The number of para-hydroxylation sites is 1. The molecule has 0 aromatic heterocycles. The van der Waals surface area contributed by atoms with Crippen LogP contribution >= 0.6 is 0 Å². The molecule has 1 aliphatic heterocycles. The number of hydrogen-bond acceptors (Lipinski definition) is 3. The van der Waals surface area contributed by atoms with E-state index in [1.54, 1.807) is 7.11 Å². The summed E-state index contributed by atoms with van der Waals surface area (Å²) in [5, 5.41) is 0. The second-order valence-corrected chi connectivity index (χ2v) is 6.58. The van der Waals surface area contributed by atoms with Gasteiger partial charge in [-0.25, -0.2) is 0 Å². The molecule has 3 nitrogen and oxygen atoms in total. The number of benzene rings is 1. The number of rotatable bonds is 3. The highest BCUT2D eigenvalue weighted by molar-refractivity contribution is 5.39. The van der Waals surface area contributed by atoms with Gasteiger partial charge in [-0.1, -0.05) is 37.5 Å². The molecule has 1 aliphatic carbocycles. The molecule has 2 fully saturated rings. The van der Waals surface area contributed by atoms with Crippen LogP contribution in [0.25, 0.3) is 0 Å². The van der Waals surface area contributed by atoms with Crippen molar-refractivity contribution in [3.05, 3.63) is 29.8 Å². The van der Waals surface area contributed by atoms with E-state index in [0.29, 0.717) is 0 Å². The molecule has 0 unspecified atom stereocenters. The van der Waals surface area contributed by atoms with Crippen LogP contribution in [0, 0.1) is 0 Å². The van der Waals surface area contributed by atoms with Crippen LogP contribution in [0.4, 0.5) is 0 Å². The third-order valence-electron chi connectivity index (χ3n) is 5.40. The number of piperazine rings is 1. The maximum absolute atomic E-state index is 5.70. The lowest BCUT2D eigenvalue weighted by Gasteiger charge is -2.50. The molecule has 1 saturated heterocycles. The van der Waals surface area contributed by atoms with Crippen molar-refractivity contribution >= 4 is 0 Å². The lowest BCUT2D eigenvalue weighted by Crippen LogP contribution is -2.55. The number of hydrogen-bond donors (Lipinski definition) is 0. The van der Waals surface area contributed by atoms with E-state index in [-0.39, 0.29) is 5.54 Å². The van der Waals surface area contributed by atoms with E-state index in [0.717, 1.165) is 5.75 Å². The summed E-state index contributed by atoms with van der Waals surface area (Å²) in [6.07, 6.45) is 6.60. The molecule has 3 heteroatoms. The first-order valence-electron chi connectivity index (χ1n) is 8.33. The van der Waals surface area contributed by atoms with Crippen molar-refractivity contribution in [1.82, 2.24) is 9.80 Å². The fourth-order valence-electron chi connectivity index (χ4n) is 4.16. The fraction of sp³-hybridized carbons (Fsp3) is 0.667. The van der Waals surface area contributed by atoms with E-state index in [1.165, 1.54) is 63.8 Å². The second kappa shape index (κ2) is 6.37. The molecule has 0 N–H and O–H groups in total. The van der Waals surface area contributed by atoms with Crippen molar-refractivity contribution in [3.8, 4) is 5.75 Å². The summed E-state index contributed by atoms with van der Waals surface area (Å²) in [6.45, 7) is 4.71. The van der Waals surface area contributed by atoms with Crippen LogP contribution in [-0.2, 0) is 5.54 Å². The zero-order chi connectivity index (χ0) is 14.7. The topological polar surface area (TPSA) is 15.7 Å². The summed E-state index contributed by atoms with van der Waals surface area (Å²) in [7, 11) is 4.04. The van der Waals surface area contributed by atoms with Crippen LogP contribution in [0.1, 0.15) is 37.7 Å². The summed E-state index contributed by atoms with van der Waals surface area (Å²) in [5.74, 6) is 1.07. The van der Waals surface area contributed by atoms with E-state index < -0.39 is 0 Å². The van der Waals surface area contributed by atoms with Gasteiger partial charge in [-0.15, -0.1) is 0 Å². The van der Waals surface area contributed by atoms with Gasteiger partial charge in [0.25, 0.3) is 0 Å². The smallest absolute Gasteiger partial charge is 0.123 e. The van der Waals surface area contributed by atoms with Crippen molar-refractivity contribution in [3.63, 3.8) is 0 Å². The van der Waals surface area contributed by atoms with Gasteiger partial charge < -0.3 is 9.64 Å². The molecule has 1 saturated carbocycles. The Labute approximate surface area is 128 Å². The minimum Gasteiger partial charge on any atom is -0.496 e. The molecule has 0 spiro atoms. The molecule has 0 atom stereocenters. The van der Waals surface area contributed by atoms with Crippen LogP contribution < -0.4 is 4.74 Å². The molecular formula is C18H28N2O. The molecule has 1 aromatic carbocycles. The van der Waals surface area contributed by atoms with E-state index >= 15 is 0 Å². The third kappa shape index (κ3) is 2.82. The van der Waals surface area contributed by atoms with Crippen molar-refractivity contribution in [1.29, 1.82) is 0 Å². The van der Waals surface area contributed by atoms with E-state index in [4.69, 9.17) is 4.74 Å². The third-order valence-corrected chi connectivity index (χ3v) is 5.40. The maximum atomic E-state index is 5.70. The van der Waals surface area contributed by atoms with Gasteiger partial charge in [0.2, 0.25) is 0 Å². The zero-order valence-electron chi connectivity index (χ0n) is 13.5. The van der Waals surface area contributed by atoms with Crippen molar-refractivity contribution in [2.24, 2.45) is 0 Å². The van der Waals surface area contributed by atoms with Crippen molar-refractivity contribution < 1.29 is 4.74 Å². The highest BCUT2D eigenvalue weighted by atomic mass is 16.5. The minimum absolute atomic E-state index is 0.201. The Morgan fingerprint density at radius 1 is 0.952 bits per heavy atom. The average Bonchev–Trinajstić information content (AvgIpc) is 2.56. The van der Waals surface area contributed by atoms with Crippen molar-refractivity contribution in [2.45, 2.75) is 37.6 Å². The van der Waals surface area contributed by atoms with Crippen LogP contribution in [0.3, 0.4) is 0 Å². The largest absolute Gasteiger partial charge is 0.496 e. The Hall–Kier alpha value is -1.06. The van der Waals surface area contributed by atoms with Gasteiger partial charge in [0.15, 0.2) is 0 Å². The van der Waals surface area contributed by atoms with Crippen LogP contribution in [0.2, 0.25) is 0 Å². The van der Waals surface area contributed by atoms with Gasteiger partial charge in [0.05, 0.1) is 7.11 Å². The molecular weight excluding hydrogens is 260 g/mol. The second-order valence-electron chi connectivity index (χ2n) is 6.58. The summed E-state index contributed by atoms with van der Waals surface area (Å²) in [4.78, 5) is 5.18. The predicted octanol–water partition coefficient (Wildman–Crippen LogP) is 3.10. The molecule has 1 aromatic rings.